The molecule has 1 saturated carbocycles. The van der Waals surface area contributed by atoms with Gasteiger partial charge in [-0.3, -0.25) is 4.79 Å². The summed E-state index contributed by atoms with van der Waals surface area (Å²) in [7, 11) is 0. The van der Waals surface area contributed by atoms with Crippen LogP contribution in [0.4, 0.5) is 0 Å². The third-order valence-electron chi connectivity index (χ3n) is 6.72. The van der Waals surface area contributed by atoms with Crippen LogP contribution in [-0.2, 0) is 10.2 Å². The van der Waals surface area contributed by atoms with Crippen LogP contribution in [0.15, 0.2) is 91.0 Å². The molecular formula is C26H25NO. The SMILES string of the molecule is CC(C)N1C(=O)[C@@H](c2ccccc2)[C@@]12CC2(c1ccccc1)c1ccccc1. The number of benzene rings is 3. The van der Waals surface area contributed by atoms with Crippen LogP contribution in [0.5, 0.6) is 0 Å². The summed E-state index contributed by atoms with van der Waals surface area (Å²) < 4.78 is 0. The first-order chi connectivity index (χ1) is 13.6. The Kier molecular flexibility index (Phi) is 3.74. The number of amides is 1. The van der Waals surface area contributed by atoms with Gasteiger partial charge in [-0.05, 0) is 37.0 Å². The topological polar surface area (TPSA) is 20.3 Å². The lowest BCUT2D eigenvalue weighted by Gasteiger charge is -2.54. The van der Waals surface area contributed by atoms with E-state index in [0.717, 1.165) is 12.0 Å². The average molecular weight is 367 g/mol. The highest BCUT2D eigenvalue weighted by molar-refractivity contribution is 5.97. The summed E-state index contributed by atoms with van der Waals surface area (Å²) in [5, 5.41) is 0. The van der Waals surface area contributed by atoms with Crippen molar-refractivity contribution >= 4 is 5.91 Å². The van der Waals surface area contributed by atoms with E-state index in [-0.39, 0.29) is 28.8 Å². The zero-order valence-electron chi connectivity index (χ0n) is 16.4. The van der Waals surface area contributed by atoms with Crippen molar-refractivity contribution in [3.63, 3.8) is 0 Å². The number of carbonyl (C=O) groups is 1. The van der Waals surface area contributed by atoms with Crippen molar-refractivity contribution in [1.29, 1.82) is 0 Å². The molecule has 2 heteroatoms. The molecule has 1 amide bonds. The Hall–Kier alpha value is -2.87. The number of hydrogen-bond donors (Lipinski definition) is 0. The van der Waals surface area contributed by atoms with Crippen LogP contribution in [0.3, 0.4) is 0 Å². The Morgan fingerprint density at radius 2 is 1.25 bits per heavy atom. The Labute approximate surface area is 166 Å². The lowest BCUT2D eigenvalue weighted by Crippen LogP contribution is -2.67. The lowest BCUT2D eigenvalue weighted by molar-refractivity contribution is -0.157. The molecule has 1 aliphatic carbocycles. The first-order valence-electron chi connectivity index (χ1n) is 10.1. The van der Waals surface area contributed by atoms with Gasteiger partial charge in [-0.1, -0.05) is 91.0 Å². The fraction of sp³-hybridized carbons (Fsp3) is 0.269. The maximum atomic E-state index is 13.3. The molecule has 5 rings (SSSR count). The van der Waals surface area contributed by atoms with Crippen LogP contribution in [0.1, 0.15) is 42.9 Å². The number of β-lactam (4-membered cyclic amide) rings is 1. The van der Waals surface area contributed by atoms with Gasteiger partial charge in [-0.15, -0.1) is 0 Å². The van der Waals surface area contributed by atoms with Crippen molar-refractivity contribution in [2.45, 2.75) is 43.2 Å². The van der Waals surface area contributed by atoms with Crippen LogP contribution in [0.25, 0.3) is 0 Å². The van der Waals surface area contributed by atoms with Gasteiger partial charge in [-0.2, -0.15) is 0 Å². The predicted molar refractivity (Wildman–Crippen MR) is 112 cm³/mol. The van der Waals surface area contributed by atoms with E-state index in [1.54, 1.807) is 0 Å². The monoisotopic (exact) mass is 367 g/mol. The summed E-state index contributed by atoms with van der Waals surface area (Å²) in [4.78, 5) is 15.5. The molecule has 0 bridgehead atoms. The molecule has 0 N–H and O–H groups in total. The third kappa shape index (κ3) is 2.06. The van der Waals surface area contributed by atoms with Crippen LogP contribution in [-0.4, -0.2) is 22.4 Å². The molecule has 2 aliphatic rings. The normalized spacial score (nSPS) is 25.0. The van der Waals surface area contributed by atoms with Gasteiger partial charge >= 0.3 is 0 Å². The quantitative estimate of drug-likeness (QED) is 0.584. The van der Waals surface area contributed by atoms with Crippen molar-refractivity contribution in [3.8, 4) is 0 Å². The molecular weight excluding hydrogens is 342 g/mol. The van der Waals surface area contributed by atoms with Gasteiger partial charge < -0.3 is 4.90 Å². The summed E-state index contributed by atoms with van der Waals surface area (Å²) in [5.74, 6) is 0.173. The molecule has 3 aromatic carbocycles. The second kappa shape index (κ2) is 6.07. The minimum absolute atomic E-state index is 0.0866. The zero-order chi connectivity index (χ0) is 19.4. The van der Waals surface area contributed by atoms with Gasteiger partial charge in [-0.25, -0.2) is 0 Å². The Bertz CT molecular complexity index is 957. The molecule has 0 unspecified atom stereocenters. The van der Waals surface area contributed by atoms with E-state index >= 15 is 0 Å². The fourth-order valence-corrected chi connectivity index (χ4v) is 5.71. The van der Waals surface area contributed by atoms with Gasteiger partial charge in [0.05, 0.1) is 11.5 Å². The summed E-state index contributed by atoms with van der Waals surface area (Å²) >= 11 is 0. The average Bonchev–Trinajstić information content (AvgIpc) is 3.43. The van der Waals surface area contributed by atoms with Crippen LogP contribution in [0.2, 0.25) is 0 Å². The molecule has 28 heavy (non-hydrogen) atoms. The lowest BCUT2D eigenvalue weighted by atomic mass is 9.69. The highest BCUT2D eigenvalue weighted by Crippen LogP contribution is 2.75. The Morgan fingerprint density at radius 3 is 1.71 bits per heavy atom. The Balaban J connectivity index is 1.73. The van der Waals surface area contributed by atoms with Gasteiger partial charge in [0, 0.05) is 11.5 Å². The summed E-state index contributed by atoms with van der Waals surface area (Å²) in [6.45, 7) is 4.28. The molecule has 1 spiro atoms. The van der Waals surface area contributed by atoms with E-state index in [9.17, 15) is 4.79 Å². The van der Waals surface area contributed by atoms with E-state index in [4.69, 9.17) is 0 Å². The van der Waals surface area contributed by atoms with Gasteiger partial charge in [0.15, 0.2) is 0 Å². The van der Waals surface area contributed by atoms with Crippen LogP contribution < -0.4 is 0 Å². The van der Waals surface area contributed by atoms with Crippen LogP contribution in [0, 0.1) is 0 Å². The molecule has 140 valence electrons. The van der Waals surface area contributed by atoms with E-state index in [1.807, 2.05) is 18.2 Å². The van der Waals surface area contributed by atoms with Crippen molar-refractivity contribution in [2.24, 2.45) is 0 Å². The summed E-state index contributed by atoms with van der Waals surface area (Å²) in [6.07, 6.45) is 0.970. The highest BCUT2D eigenvalue weighted by atomic mass is 16.2. The maximum Gasteiger partial charge on any atom is 0.233 e. The van der Waals surface area contributed by atoms with E-state index < -0.39 is 0 Å². The van der Waals surface area contributed by atoms with Crippen LogP contribution >= 0.6 is 0 Å². The number of hydrogen-bond acceptors (Lipinski definition) is 1. The molecule has 1 saturated heterocycles. The van der Waals surface area contributed by atoms with E-state index in [0.29, 0.717) is 0 Å². The first-order valence-corrected chi connectivity index (χ1v) is 10.1. The Morgan fingerprint density at radius 1 is 0.786 bits per heavy atom. The predicted octanol–water partition coefficient (Wildman–Crippen LogP) is 5.15. The second-order valence-corrected chi connectivity index (χ2v) is 8.38. The molecule has 1 aliphatic heterocycles. The first kappa shape index (κ1) is 17.2. The van der Waals surface area contributed by atoms with E-state index in [2.05, 4.69) is 91.5 Å². The standard InChI is InChI=1S/C26H25NO/c1-19(2)27-24(28)23(20-12-6-3-7-13-20)26(27)18-25(26,21-14-8-4-9-15-21)22-16-10-5-11-17-22/h3-17,19,23H,18H2,1-2H3/t23-,26-/m1/s1. The van der Waals surface area contributed by atoms with E-state index in [1.165, 1.54) is 11.1 Å². The number of rotatable bonds is 4. The summed E-state index contributed by atoms with van der Waals surface area (Å²) in [6, 6.07) is 32.0. The number of likely N-dealkylation sites (tertiary alicyclic amines) is 1. The van der Waals surface area contributed by atoms with Gasteiger partial charge in [0.25, 0.3) is 0 Å². The smallest absolute Gasteiger partial charge is 0.233 e. The maximum absolute atomic E-state index is 13.3. The highest BCUT2D eigenvalue weighted by Gasteiger charge is 2.83. The number of carbonyl (C=O) groups excluding carboxylic acids is 1. The minimum Gasteiger partial charge on any atom is -0.332 e. The van der Waals surface area contributed by atoms with Crippen molar-refractivity contribution in [2.75, 3.05) is 0 Å². The molecule has 1 heterocycles. The van der Waals surface area contributed by atoms with Crippen molar-refractivity contribution in [3.05, 3.63) is 108 Å². The third-order valence-corrected chi connectivity index (χ3v) is 6.72. The van der Waals surface area contributed by atoms with Crippen molar-refractivity contribution < 1.29 is 4.79 Å². The molecule has 2 fully saturated rings. The largest absolute Gasteiger partial charge is 0.332 e. The van der Waals surface area contributed by atoms with Crippen molar-refractivity contribution in [1.82, 2.24) is 4.90 Å². The van der Waals surface area contributed by atoms with Gasteiger partial charge in [0.1, 0.15) is 0 Å². The number of nitrogens with zero attached hydrogens (tertiary/aromatic N) is 1. The molecule has 2 nitrogen and oxygen atoms in total. The zero-order valence-corrected chi connectivity index (χ0v) is 16.4. The second-order valence-electron chi connectivity index (χ2n) is 8.38. The molecule has 0 radical (unpaired) electrons. The molecule has 0 aromatic heterocycles. The minimum atomic E-state index is -0.192. The molecule has 3 aromatic rings. The fourth-order valence-electron chi connectivity index (χ4n) is 5.71. The molecule has 2 atom stereocenters. The van der Waals surface area contributed by atoms with Gasteiger partial charge in [0.2, 0.25) is 5.91 Å². The summed E-state index contributed by atoms with van der Waals surface area (Å²) in [5.41, 5.74) is 3.40.